The van der Waals surface area contributed by atoms with E-state index >= 15 is 0 Å². The summed E-state index contributed by atoms with van der Waals surface area (Å²) >= 11 is 1.95. The number of benzene rings is 1. The smallest absolute Gasteiger partial charge is 0.247 e. The Labute approximate surface area is 189 Å². The molecule has 2 aromatic heterocycles. The van der Waals surface area contributed by atoms with Gasteiger partial charge in [-0.2, -0.15) is 16.7 Å². The summed E-state index contributed by atoms with van der Waals surface area (Å²) in [6, 6.07) is 10.7. The lowest BCUT2D eigenvalue weighted by Gasteiger charge is -2.27. The normalized spacial score (nSPS) is 13.3. The Morgan fingerprint density at radius 2 is 1.88 bits per heavy atom. The highest BCUT2D eigenvalue weighted by Gasteiger charge is 2.13. The molecule has 164 valence electrons. The van der Waals surface area contributed by atoms with Crippen LogP contribution in [0.5, 0.6) is 0 Å². The van der Waals surface area contributed by atoms with Gasteiger partial charge in [0.1, 0.15) is 5.82 Å². The minimum atomic E-state index is -0.604. The van der Waals surface area contributed by atoms with E-state index in [4.69, 9.17) is 0 Å². The molecule has 10 heteroatoms. The van der Waals surface area contributed by atoms with Gasteiger partial charge in [0.25, 0.3) is 0 Å². The lowest BCUT2D eigenvalue weighted by atomic mass is 10.2. The Hall–Kier alpha value is -3.66. The molecule has 0 radical (unpaired) electrons. The molecular weight excluding hydrogens is 429 g/mol. The average molecular weight is 452 g/mol. The predicted molar refractivity (Wildman–Crippen MR) is 128 cm³/mol. The number of nitrogens with zero attached hydrogens (tertiary/aromatic N) is 4. The van der Waals surface area contributed by atoms with Crippen molar-refractivity contribution < 1.29 is 9.18 Å². The number of amides is 1. The van der Waals surface area contributed by atoms with Crippen LogP contribution in [0.1, 0.15) is 0 Å². The average Bonchev–Trinajstić information content (AvgIpc) is 2.82. The van der Waals surface area contributed by atoms with Gasteiger partial charge in [0.2, 0.25) is 11.9 Å². The van der Waals surface area contributed by atoms with E-state index in [2.05, 4.69) is 42.4 Å². The maximum absolute atomic E-state index is 14.3. The summed E-state index contributed by atoms with van der Waals surface area (Å²) in [6.07, 6.45) is 3.98. The molecule has 1 aliphatic heterocycles. The zero-order chi connectivity index (χ0) is 22.3. The van der Waals surface area contributed by atoms with E-state index in [1.54, 1.807) is 30.5 Å². The zero-order valence-corrected chi connectivity index (χ0v) is 18.0. The van der Waals surface area contributed by atoms with Crippen molar-refractivity contribution in [2.75, 3.05) is 45.4 Å². The third kappa shape index (κ3) is 5.52. The fourth-order valence-corrected chi connectivity index (χ4v) is 3.99. The number of carbonyl (C=O) groups excluding carboxylic acids is 1. The number of halogens is 1. The first kappa shape index (κ1) is 21.6. The molecule has 1 aromatic carbocycles. The van der Waals surface area contributed by atoms with Crippen LogP contribution in [0.15, 0.2) is 61.4 Å². The van der Waals surface area contributed by atoms with Crippen molar-refractivity contribution in [3.05, 3.63) is 67.3 Å². The van der Waals surface area contributed by atoms with Crippen molar-refractivity contribution >= 4 is 52.3 Å². The molecule has 4 rings (SSSR count). The Morgan fingerprint density at radius 1 is 1.06 bits per heavy atom. The molecule has 0 saturated carbocycles. The minimum absolute atomic E-state index is 0.00472. The highest BCUT2D eigenvalue weighted by molar-refractivity contribution is 7.99. The standard InChI is InChI=1S/C22H22FN7OS/c1-2-20(31)26-15-4-3-5-16(12-15)27-21-18(23)14-25-22(29-21)28-17-6-7-19(24-13-17)30-8-10-32-11-9-30/h2-7,12-14H,1,8-11H2,(H,26,31)(H2,25,27,28,29). The molecule has 1 saturated heterocycles. The van der Waals surface area contributed by atoms with Crippen molar-refractivity contribution in [1.82, 2.24) is 15.0 Å². The summed E-state index contributed by atoms with van der Waals surface area (Å²) in [5.74, 6) is 2.43. The van der Waals surface area contributed by atoms with Crippen LogP contribution in [0.25, 0.3) is 0 Å². The van der Waals surface area contributed by atoms with Gasteiger partial charge in [0.15, 0.2) is 11.6 Å². The van der Waals surface area contributed by atoms with Crippen molar-refractivity contribution in [3.63, 3.8) is 0 Å². The SMILES string of the molecule is C=CC(=O)Nc1cccc(Nc2nc(Nc3ccc(N4CCSCC4)nc3)ncc2F)c1. The van der Waals surface area contributed by atoms with E-state index in [-0.39, 0.29) is 17.7 Å². The summed E-state index contributed by atoms with van der Waals surface area (Å²) in [4.78, 5) is 26.5. The molecule has 0 unspecified atom stereocenters. The molecule has 1 fully saturated rings. The molecule has 8 nitrogen and oxygen atoms in total. The molecule has 0 aliphatic carbocycles. The van der Waals surface area contributed by atoms with E-state index in [9.17, 15) is 9.18 Å². The van der Waals surface area contributed by atoms with Crippen LogP contribution in [0.3, 0.4) is 0 Å². The lowest BCUT2D eigenvalue weighted by molar-refractivity contribution is -0.111. The Bertz CT molecular complexity index is 1100. The third-order valence-corrected chi connectivity index (χ3v) is 5.60. The van der Waals surface area contributed by atoms with Gasteiger partial charge in [0.05, 0.1) is 18.1 Å². The number of rotatable bonds is 7. The van der Waals surface area contributed by atoms with Gasteiger partial charge < -0.3 is 20.9 Å². The zero-order valence-electron chi connectivity index (χ0n) is 17.2. The first-order chi connectivity index (χ1) is 15.6. The number of aromatic nitrogens is 3. The molecule has 3 N–H and O–H groups in total. The Balaban J connectivity index is 1.45. The molecule has 1 amide bonds. The second-order valence-electron chi connectivity index (χ2n) is 6.92. The highest BCUT2D eigenvalue weighted by Crippen LogP contribution is 2.23. The van der Waals surface area contributed by atoms with Crippen molar-refractivity contribution in [1.29, 1.82) is 0 Å². The first-order valence-electron chi connectivity index (χ1n) is 9.99. The Kier molecular flexibility index (Phi) is 6.81. The number of thioether (sulfide) groups is 1. The quantitative estimate of drug-likeness (QED) is 0.461. The molecular formula is C22H22FN7OS. The Morgan fingerprint density at radius 3 is 2.62 bits per heavy atom. The van der Waals surface area contributed by atoms with Crippen LogP contribution in [0.4, 0.5) is 39.0 Å². The summed E-state index contributed by atoms with van der Waals surface area (Å²) in [5, 5.41) is 8.62. The summed E-state index contributed by atoms with van der Waals surface area (Å²) in [5.41, 5.74) is 1.80. The van der Waals surface area contributed by atoms with E-state index < -0.39 is 5.82 Å². The molecule has 0 atom stereocenters. The van der Waals surface area contributed by atoms with E-state index in [0.717, 1.165) is 36.6 Å². The van der Waals surface area contributed by atoms with Crippen LogP contribution in [0, 0.1) is 5.82 Å². The maximum atomic E-state index is 14.3. The van der Waals surface area contributed by atoms with Gasteiger partial charge in [-0.1, -0.05) is 12.6 Å². The number of hydrogen-bond donors (Lipinski definition) is 3. The van der Waals surface area contributed by atoms with Crippen LogP contribution >= 0.6 is 11.8 Å². The van der Waals surface area contributed by atoms with Crippen molar-refractivity contribution in [3.8, 4) is 0 Å². The molecule has 1 aliphatic rings. The lowest BCUT2D eigenvalue weighted by Crippen LogP contribution is -2.32. The van der Waals surface area contributed by atoms with Crippen LogP contribution in [-0.4, -0.2) is 45.5 Å². The highest BCUT2D eigenvalue weighted by atomic mass is 32.2. The number of nitrogens with one attached hydrogen (secondary N) is 3. The predicted octanol–water partition coefficient (Wildman–Crippen LogP) is 4.18. The van der Waals surface area contributed by atoms with Gasteiger partial charge in [-0.05, 0) is 36.4 Å². The summed E-state index contributed by atoms with van der Waals surface area (Å²) in [6.45, 7) is 5.39. The maximum Gasteiger partial charge on any atom is 0.247 e. The van der Waals surface area contributed by atoms with Crippen LogP contribution < -0.4 is 20.9 Å². The number of pyridine rings is 1. The van der Waals surface area contributed by atoms with Gasteiger partial charge in [-0.25, -0.2) is 14.4 Å². The molecule has 32 heavy (non-hydrogen) atoms. The molecule has 0 spiro atoms. The summed E-state index contributed by atoms with van der Waals surface area (Å²) < 4.78 is 14.3. The summed E-state index contributed by atoms with van der Waals surface area (Å²) in [7, 11) is 0. The van der Waals surface area contributed by atoms with Gasteiger partial charge >= 0.3 is 0 Å². The number of anilines is 6. The van der Waals surface area contributed by atoms with Crippen LogP contribution in [-0.2, 0) is 4.79 Å². The van der Waals surface area contributed by atoms with Crippen molar-refractivity contribution in [2.24, 2.45) is 0 Å². The van der Waals surface area contributed by atoms with Gasteiger partial charge in [-0.15, -0.1) is 0 Å². The molecule has 0 bridgehead atoms. The largest absolute Gasteiger partial charge is 0.355 e. The molecule has 3 aromatic rings. The van der Waals surface area contributed by atoms with E-state index in [0.29, 0.717) is 17.1 Å². The number of carbonyl (C=O) groups is 1. The van der Waals surface area contributed by atoms with Crippen LogP contribution in [0.2, 0.25) is 0 Å². The third-order valence-electron chi connectivity index (χ3n) is 4.66. The van der Waals surface area contributed by atoms with E-state index in [1.807, 2.05) is 23.9 Å². The van der Waals surface area contributed by atoms with Gasteiger partial charge in [0, 0.05) is 36.0 Å². The fraction of sp³-hybridized carbons (Fsp3) is 0.182. The first-order valence-corrected chi connectivity index (χ1v) is 11.1. The minimum Gasteiger partial charge on any atom is -0.355 e. The molecule has 3 heterocycles. The fourth-order valence-electron chi connectivity index (χ4n) is 3.09. The monoisotopic (exact) mass is 451 g/mol. The van der Waals surface area contributed by atoms with E-state index in [1.165, 1.54) is 6.08 Å². The van der Waals surface area contributed by atoms with Gasteiger partial charge in [-0.3, -0.25) is 4.79 Å². The second kappa shape index (κ2) is 10.1. The topological polar surface area (TPSA) is 95.1 Å². The number of hydrogen-bond acceptors (Lipinski definition) is 8. The second-order valence-corrected chi connectivity index (χ2v) is 8.14. The van der Waals surface area contributed by atoms with Crippen molar-refractivity contribution in [2.45, 2.75) is 0 Å².